The summed E-state index contributed by atoms with van der Waals surface area (Å²) in [6.07, 6.45) is 0.689. The highest BCUT2D eigenvalue weighted by atomic mass is 19.1. The lowest BCUT2D eigenvalue weighted by Gasteiger charge is -2.05. The van der Waals surface area contributed by atoms with Crippen molar-refractivity contribution >= 4 is 5.91 Å². The maximum Gasteiger partial charge on any atom is 0.253 e. The summed E-state index contributed by atoms with van der Waals surface area (Å²) in [5, 5.41) is 2.86. The third-order valence-corrected chi connectivity index (χ3v) is 3.01. The van der Waals surface area contributed by atoms with E-state index in [1.54, 1.807) is 12.1 Å². The highest BCUT2D eigenvalue weighted by Crippen LogP contribution is 2.09. The minimum atomic E-state index is -0.244. The number of aryl methyl sites for hydroxylation is 2. The molecule has 0 aliphatic rings. The van der Waals surface area contributed by atoms with Crippen LogP contribution in [-0.2, 0) is 6.42 Å². The van der Waals surface area contributed by atoms with Crippen molar-refractivity contribution in [3.05, 3.63) is 58.7 Å². The molecule has 0 aliphatic heterocycles. The van der Waals surface area contributed by atoms with Crippen molar-refractivity contribution in [2.75, 3.05) is 6.54 Å². The monoisotopic (exact) mass is 260 g/mol. The normalized spacial score (nSPS) is 10.5. The predicted octanol–water partition coefficient (Wildman–Crippen LogP) is 2.74. The van der Waals surface area contributed by atoms with E-state index in [4.69, 9.17) is 0 Å². The molecule has 0 bridgehead atoms. The summed E-state index contributed by atoms with van der Waals surface area (Å²) < 4.78 is 12.7. The van der Waals surface area contributed by atoms with Gasteiger partial charge in [-0.25, -0.2) is 4.39 Å². The number of benzene rings is 1. The Labute approximate surface area is 111 Å². The quantitative estimate of drug-likeness (QED) is 0.872. The minimum absolute atomic E-state index is 0.0797. The summed E-state index contributed by atoms with van der Waals surface area (Å²) in [5.74, 6) is -0.324. The Balaban J connectivity index is 1.87. The summed E-state index contributed by atoms with van der Waals surface area (Å²) in [6.45, 7) is 4.33. The summed E-state index contributed by atoms with van der Waals surface area (Å²) >= 11 is 0. The maximum atomic E-state index is 12.7. The molecule has 1 heterocycles. The Morgan fingerprint density at radius 2 is 1.95 bits per heavy atom. The molecule has 0 radical (unpaired) electrons. The summed E-state index contributed by atoms with van der Waals surface area (Å²) in [4.78, 5) is 15.0. The molecule has 1 aromatic heterocycles. The topological polar surface area (TPSA) is 44.9 Å². The van der Waals surface area contributed by atoms with Gasteiger partial charge in [-0.1, -0.05) is 12.1 Å². The van der Waals surface area contributed by atoms with E-state index < -0.39 is 0 Å². The maximum absolute atomic E-state index is 12.7. The van der Waals surface area contributed by atoms with E-state index in [0.29, 0.717) is 18.5 Å². The molecule has 19 heavy (non-hydrogen) atoms. The fourth-order valence-corrected chi connectivity index (χ4v) is 2.03. The lowest BCUT2D eigenvalue weighted by molar-refractivity contribution is 0.0953. The number of rotatable bonds is 4. The lowest BCUT2D eigenvalue weighted by atomic mass is 10.1. The summed E-state index contributed by atoms with van der Waals surface area (Å²) in [7, 11) is 0. The van der Waals surface area contributed by atoms with Gasteiger partial charge < -0.3 is 10.3 Å². The van der Waals surface area contributed by atoms with Crippen molar-refractivity contribution in [3.8, 4) is 0 Å². The fraction of sp³-hybridized carbons (Fsp3) is 0.267. The molecule has 0 saturated carbocycles. The number of aromatic nitrogens is 1. The zero-order valence-electron chi connectivity index (χ0n) is 11.1. The van der Waals surface area contributed by atoms with Gasteiger partial charge in [0.2, 0.25) is 0 Å². The standard InChI is InChI=1S/C15H17FN2O/c1-10-9-14(11(2)18-10)15(19)17-8-7-12-3-5-13(16)6-4-12/h3-6,9,18H,7-8H2,1-2H3,(H,17,19). The Morgan fingerprint density at radius 1 is 1.26 bits per heavy atom. The van der Waals surface area contributed by atoms with Crippen LogP contribution in [0, 0.1) is 19.7 Å². The van der Waals surface area contributed by atoms with Gasteiger partial charge in [0.15, 0.2) is 0 Å². The van der Waals surface area contributed by atoms with E-state index in [1.165, 1.54) is 12.1 Å². The van der Waals surface area contributed by atoms with Crippen LogP contribution in [-0.4, -0.2) is 17.4 Å². The fourth-order valence-electron chi connectivity index (χ4n) is 2.03. The first-order chi connectivity index (χ1) is 9.06. The molecule has 100 valence electrons. The van der Waals surface area contributed by atoms with Crippen LogP contribution >= 0.6 is 0 Å². The third-order valence-electron chi connectivity index (χ3n) is 3.01. The molecule has 0 saturated heterocycles. The van der Waals surface area contributed by atoms with E-state index in [9.17, 15) is 9.18 Å². The lowest BCUT2D eigenvalue weighted by Crippen LogP contribution is -2.25. The Hall–Kier alpha value is -2.10. The van der Waals surface area contributed by atoms with E-state index in [2.05, 4.69) is 10.3 Å². The molecule has 0 spiro atoms. The molecule has 2 aromatic rings. The van der Waals surface area contributed by atoms with Gasteiger partial charge in [0.05, 0.1) is 5.56 Å². The van der Waals surface area contributed by atoms with Gasteiger partial charge >= 0.3 is 0 Å². The first-order valence-electron chi connectivity index (χ1n) is 6.25. The van der Waals surface area contributed by atoms with E-state index in [-0.39, 0.29) is 11.7 Å². The van der Waals surface area contributed by atoms with Gasteiger partial charge in [-0.2, -0.15) is 0 Å². The van der Waals surface area contributed by atoms with Gasteiger partial charge in [-0.15, -0.1) is 0 Å². The number of hydrogen-bond acceptors (Lipinski definition) is 1. The first kappa shape index (κ1) is 13.3. The molecule has 2 rings (SSSR count). The van der Waals surface area contributed by atoms with E-state index >= 15 is 0 Å². The number of aromatic amines is 1. The molecular weight excluding hydrogens is 243 g/mol. The number of H-pyrrole nitrogens is 1. The second-order valence-corrected chi connectivity index (χ2v) is 4.62. The third kappa shape index (κ3) is 3.44. The van der Waals surface area contributed by atoms with Crippen LogP contribution in [0.1, 0.15) is 27.3 Å². The van der Waals surface area contributed by atoms with Crippen LogP contribution in [0.4, 0.5) is 4.39 Å². The molecule has 0 aliphatic carbocycles. The van der Waals surface area contributed by atoms with Crippen LogP contribution in [0.2, 0.25) is 0 Å². The number of hydrogen-bond donors (Lipinski definition) is 2. The molecule has 1 aromatic carbocycles. The Morgan fingerprint density at radius 3 is 2.53 bits per heavy atom. The van der Waals surface area contributed by atoms with Crippen molar-refractivity contribution in [1.82, 2.24) is 10.3 Å². The molecule has 1 amide bonds. The zero-order chi connectivity index (χ0) is 13.8. The van der Waals surface area contributed by atoms with Gasteiger partial charge in [0.25, 0.3) is 5.91 Å². The molecule has 0 atom stereocenters. The number of halogens is 1. The van der Waals surface area contributed by atoms with Gasteiger partial charge in [0.1, 0.15) is 5.82 Å². The van der Waals surface area contributed by atoms with Crippen LogP contribution in [0.15, 0.2) is 30.3 Å². The van der Waals surface area contributed by atoms with Gasteiger partial charge in [-0.3, -0.25) is 4.79 Å². The van der Waals surface area contributed by atoms with Crippen LogP contribution < -0.4 is 5.32 Å². The Bertz CT molecular complexity index is 572. The van der Waals surface area contributed by atoms with Crippen molar-refractivity contribution < 1.29 is 9.18 Å². The largest absolute Gasteiger partial charge is 0.362 e. The average molecular weight is 260 g/mol. The van der Waals surface area contributed by atoms with Crippen LogP contribution in [0.5, 0.6) is 0 Å². The summed E-state index contributed by atoms with van der Waals surface area (Å²) in [6, 6.07) is 8.15. The average Bonchev–Trinajstić information content (AvgIpc) is 2.71. The van der Waals surface area contributed by atoms with Crippen LogP contribution in [0.25, 0.3) is 0 Å². The predicted molar refractivity (Wildman–Crippen MR) is 72.7 cm³/mol. The number of carbonyl (C=O) groups excluding carboxylic acids is 1. The SMILES string of the molecule is Cc1cc(C(=O)NCCc2ccc(F)cc2)c(C)[nH]1. The Kier molecular flexibility index (Phi) is 4.00. The second kappa shape index (κ2) is 5.69. The van der Waals surface area contributed by atoms with Gasteiger partial charge in [0, 0.05) is 17.9 Å². The van der Waals surface area contributed by atoms with Crippen LogP contribution in [0.3, 0.4) is 0 Å². The smallest absolute Gasteiger partial charge is 0.253 e. The number of nitrogens with one attached hydrogen (secondary N) is 2. The first-order valence-corrected chi connectivity index (χ1v) is 6.25. The number of amides is 1. The second-order valence-electron chi connectivity index (χ2n) is 4.62. The minimum Gasteiger partial charge on any atom is -0.362 e. The molecule has 4 heteroatoms. The molecule has 0 fully saturated rings. The highest BCUT2D eigenvalue weighted by molar-refractivity contribution is 5.95. The van der Waals surface area contributed by atoms with Gasteiger partial charge in [-0.05, 0) is 44.0 Å². The number of carbonyl (C=O) groups is 1. The molecule has 0 unspecified atom stereocenters. The molecule has 2 N–H and O–H groups in total. The molecule has 3 nitrogen and oxygen atoms in total. The van der Waals surface area contributed by atoms with Crippen molar-refractivity contribution in [2.45, 2.75) is 20.3 Å². The van der Waals surface area contributed by atoms with E-state index in [1.807, 2.05) is 19.9 Å². The highest BCUT2D eigenvalue weighted by Gasteiger charge is 2.10. The van der Waals surface area contributed by atoms with Crippen molar-refractivity contribution in [1.29, 1.82) is 0 Å². The van der Waals surface area contributed by atoms with E-state index in [0.717, 1.165) is 17.0 Å². The van der Waals surface area contributed by atoms with Crippen molar-refractivity contribution in [3.63, 3.8) is 0 Å². The van der Waals surface area contributed by atoms with Crippen molar-refractivity contribution in [2.24, 2.45) is 0 Å². The zero-order valence-corrected chi connectivity index (χ0v) is 11.1. The molecular formula is C15H17FN2O. The summed E-state index contributed by atoms with van der Waals surface area (Å²) in [5.41, 5.74) is 3.53.